The Hall–Kier alpha value is -2.38. The van der Waals surface area contributed by atoms with E-state index in [1.54, 1.807) is 13.8 Å². The third kappa shape index (κ3) is 4.58. The van der Waals surface area contributed by atoms with Gasteiger partial charge in [-0.3, -0.25) is 14.4 Å². The number of aliphatic carboxylic acids is 1. The number of amides is 1. The molecule has 44 heavy (non-hydrogen) atoms. The molecule has 0 saturated heterocycles. The predicted octanol–water partition coefficient (Wildman–Crippen LogP) is 7.40. The van der Waals surface area contributed by atoms with Crippen LogP contribution < -0.4 is 5.32 Å². The zero-order chi connectivity index (χ0) is 32.8. The summed E-state index contributed by atoms with van der Waals surface area (Å²) in [7, 11) is 0. The molecule has 4 saturated carbocycles. The van der Waals surface area contributed by atoms with E-state index in [4.69, 9.17) is 4.74 Å². The molecule has 5 aliphatic rings. The first kappa shape index (κ1) is 33.0. The lowest BCUT2D eigenvalue weighted by atomic mass is 9.33. The number of nitrogens with one attached hydrogen (secondary N) is 1. The van der Waals surface area contributed by atoms with E-state index in [-0.39, 0.29) is 58.2 Å². The van der Waals surface area contributed by atoms with E-state index in [1.165, 1.54) is 0 Å². The van der Waals surface area contributed by atoms with Crippen molar-refractivity contribution in [3.63, 3.8) is 0 Å². The number of carbonyl (C=O) groups is 4. The van der Waals surface area contributed by atoms with Gasteiger partial charge in [-0.2, -0.15) is 0 Å². The predicted molar refractivity (Wildman–Crippen MR) is 167 cm³/mol. The van der Waals surface area contributed by atoms with Crippen molar-refractivity contribution in [1.82, 2.24) is 5.32 Å². The molecule has 0 aromatic heterocycles. The number of hydrogen-bond acceptors (Lipinski definition) is 5. The molecule has 8 heteroatoms. The van der Waals surface area contributed by atoms with E-state index >= 15 is 0 Å². The van der Waals surface area contributed by atoms with E-state index in [0.29, 0.717) is 18.3 Å². The molecule has 0 spiro atoms. The molecular formula is C36H55NO7. The van der Waals surface area contributed by atoms with Crippen LogP contribution in [0.5, 0.6) is 0 Å². The largest absolute Gasteiger partial charge is 0.481 e. The van der Waals surface area contributed by atoms with Crippen LogP contribution in [0.25, 0.3) is 0 Å². The second-order valence-corrected chi connectivity index (χ2v) is 17.4. The van der Waals surface area contributed by atoms with Crippen LogP contribution in [0.4, 0.5) is 4.79 Å². The van der Waals surface area contributed by atoms with Crippen LogP contribution in [0.3, 0.4) is 0 Å². The molecule has 8 nitrogen and oxygen atoms in total. The third-order valence-corrected chi connectivity index (χ3v) is 14.2. The van der Waals surface area contributed by atoms with Gasteiger partial charge in [-0.15, -0.1) is 0 Å². The lowest BCUT2D eigenvalue weighted by molar-refractivity contribution is -0.232. The topological polar surface area (TPSA) is 130 Å². The Kier molecular flexibility index (Phi) is 7.74. The molecule has 8 atom stereocenters. The summed E-state index contributed by atoms with van der Waals surface area (Å²) in [4.78, 5) is 50.1. The van der Waals surface area contributed by atoms with Gasteiger partial charge in [-0.25, -0.2) is 4.79 Å². The second kappa shape index (κ2) is 10.3. The number of ether oxygens (including phenoxy) is 1. The Morgan fingerprint density at radius 1 is 0.909 bits per heavy atom. The maximum atomic E-state index is 13.5. The van der Waals surface area contributed by atoms with Crippen LogP contribution in [-0.2, 0) is 19.1 Å². The minimum atomic E-state index is -1.17. The summed E-state index contributed by atoms with van der Waals surface area (Å²) in [5, 5.41) is 22.3. The normalized spacial score (nSPS) is 41.3. The zero-order valence-electron chi connectivity index (χ0n) is 28.4. The highest BCUT2D eigenvalue weighted by Gasteiger charge is 2.70. The van der Waals surface area contributed by atoms with Gasteiger partial charge < -0.3 is 20.3 Å². The van der Waals surface area contributed by atoms with Crippen molar-refractivity contribution < 1.29 is 34.1 Å². The van der Waals surface area contributed by atoms with Crippen LogP contribution >= 0.6 is 0 Å². The number of carboxylic acid groups (broad SMARTS) is 2. The van der Waals surface area contributed by atoms with Gasteiger partial charge in [0.1, 0.15) is 6.10 Å². The number of fused-ring (bicyclic) bond motifs is 7. The molecule has 0 aromatic rings. The van der Waals surface area contributed by atoms with Crippen molar-refractivity contribution in [2.45, 2.75) is 138 Å². The van der Waals surface area contributed by atoms with Gasteiger partial charge in [-0.1, -0.05) is 48.5 Å². The van der Waals surface area contributed by atoms with Crippen LogP contribution in [0.15, 0.2) is 11.1 Å². The molecule has 0 radical (unpaired) electrons. The summed E-state index contributed by atoms with van der Waals surface area (Å²) < 4.78 is 6.09. The summed E-state index contributed by atoms with van der Waals surface area (Å²) in [6.07, 6.45) is 6.07. The Bertz CT molecular complexity index is 1300. The number of rotatable bonds is 6. The third-order valence-electron chi connectivity index (χ3n) is 14.2. The fourth-order valence-electron chi connectivity index (χ4n) is 11.8. The molecule has 4 fully saturated rings. The number of Topliss-reactive ketones (excluding diaryl/α,β-unsaturated/α-hetero) is 1. The van der Waals surface area contributed by atoms with Crippen LogP contribution in [0, 0.1) is 50.7 Å². The highest BCUT2D eigenvalue weighted by Crippen LogP contribution is 2.75. The molecule has 5 aliphatic carbocycles. The standard InChI is InChI=1S/C36H55NO7/c1-20(2)27-22(38)18-36(37-30(42)43)17-16-34(8)21(28(27)36)10-11-24-33(7)14-13-25(44-26(39)19-31(3,4)29(40)41)32(5,6)23(33)12-15-35(24,34)9/h20-21,23-25,37H,10-19H2,1-9H3,(H,40,41)(H,42,43)/t21?,23?,24?,25-,33?,34+,35?,36+/m0/s1. The summed E-state index contributed by atoms with van der Waals surface area (Å²) in [6, 6.07) is 0. The molecule has 3 N–H and O–H groups in total. The molecule has 0 bridgehead atoms. The van der Waals surface area contributed by atoms with E-state index < -0.39 is 29.0 Å². The minimum absolute atomic E-state index is 0.0163. The Labute approximate surface area is 263 Å². The molecule has 246 valence electrons. The van der Waals surface area contributed by atoms with Crippen molar-refractivity contribution in [2.75, 3.05) is 0 Å². The molecule has 0 aromatic carbocycles. The van der Waals surface area contributed by atoms with E-state index in [9.17, 15) is 29.4 Å². The fraction of sp³-hybridized carbons (Fsp3) is 0.833. The van der Waals surface area contributed by atoms with Gasteiger partial charge >= 0.3 is 18.0 Å². The summed E-state index contributed by atoms with van der Waals surface area (Å²) in [5.74, 6) is -0.310. The molecule has 1 amide bonds. The van der Waals surface area contributed by atoms with Gasteiger partial charge in [0.25, 0.3) is 0 Å². The number of carbonyl (C=O) groups excluding carboxylic acids is 2. The lowest BCUT2D eigenvalue weighted by Crippen LogP contribution is -2.67. The van der Waals surface area contributed by atoms with Crippen LogP contribution in [-0.4, -0.2) is 45.7 Å². The Balaban J connectivity index is 1.46. The summed E-state index contributed by atoms with van der Waals surface area (Å²) in [6.45, 7) is 19.1. The number of allylic oxidation sites excluding steroid dienone is 1. The van der Waals surface area contributed by atoms with E-state index in [0.717, 1.165) is 56.1 Å². The lowest BCUT2D eigenvalue weighted by Gasteiger charge is -2.72. The average molecular weight is 614 g/mol. The Morgan fingerprint density at radius 2 is 1.57 bits per heavy atom. The van der Waals surface area contributed by atoms with Crippen molar-refractivity contribution in [1.29, 1.82) is 0 Å². The first-order valence-corrected chi connectivity index (χ1v) is 16.9. The van der Waals surface area contributed by atoms with E-state index in [1.807, 2.05) is 0 Å². The van der Waals surface area contributed by atoms with Gasteiger partial charge in [0, 0.05) is 11.8 Å². The van der Waals surface area contributed by atoms with Gasteiger partial charge in [0.15, 0.2) is 5.78 Å². The molecule has 5 unspecified atom stereocenters. The first-order valence-electron chi connectivity index (χ1n) is 16.9. The smallest absolute Gasteiger partial charge is 0.405 e. The highest BCUT2D eigenvalue weighted by molar-refractivity contribution is 6.02. The number of carboxylic acids is 1. The molecule has 0 aliphatic heterocycles. The summed E-state index contributed by atoms with van der Waals surface area (Å²) in [5.41, 5.74) is -0.248. The number of hydrogen-bond donors (Lipinski definition) is 3. The second-order valence-electron chi connectivity index (χ2n) is 17.4. The molecular weight excluding hydrogens is 558 g/mol. The molecule has 5 rings (SSSR count). The first-order chi connectivity index (χ1) is 20.2. The van der Waals surface area contributed by atoms with Crippen molar-refractivity contribution in [2.24, 2.45) is 50.7 Å². The summed E-state index contributed by atoms with van der Waals surface area (Å²) >= 11 is 0. The number of esters is 1. The fourth-order valence-corrected chi connectivity index (χ4v) is 11.8. The number of ketones is 1. The van der Waals surface area contributed by atoms with Gasteiger partial charge in [-0.05, 0) is 116 Å². The molecule has 0 heterocycles. The van der Waals surface area contributed by atoms with Gasteiger partial charge in [0.05, 0.1) is 17.4 Å². The van der Waals surface area contributed by atoms with Gasteiger partial charge in [0.2, 0.25) is 0 Å². The van der Waals surface area contributed by atoms with Crippen molar-refractivity contribution in [3.8, 4) is 0 Å². The quantitative estimate of drug-likeness (QED) is 0.266. The SMILES string of the molecule is CC(C)C1=C2C3CCC4C5(C)CC[C@H](OC(=O)CC(C)(C)C(=O)O)C(C)(C)C5CCC4(C)[C@]3(C)CC[C@@]2(NC(=O)O)CC1=O. The van der Waals surface area contributed by atoms with Crippen molar-refractivity contribution >= 4 is 23.8 Å². The van der Waals surface area contributed by atoms with E-state index in [2.05, 4.69) is 53.8 Å². The maximum absolute atomic E-state index is 13.5. The maximum Gasteiger partial charge on any atom is 0.405 e. The Morgan fingerprint density at radius 3 is 2.16 bits per heavy atom. The minimum Gasteiger partial charge on any atom is -0.481 e. The monoisotopic (exact) mass is 613 g/mol. The zero-order valence-corrected chi connectivity index (χ0v) is 28.4. The van der Waals surface area contributed by atoms with Crippen molar-refractivity contribution in [3.05, 3.63) is 11.1 Å². The van der Waals surface area contributed by atoms with Crippen LogP contribution in [0.1, 0.15) is 127 Å². The highest BCUT2D eigenvalue weighted by atomic mass is 16.5. The average Bonchev–Trinajstić information content (AvgIpc) is 3.17. The van der Waals surface area contributed by atoms with Crippen LogP contribution in [0.2, 0.25) is 0 Å².